The number of rotatable bonds is 7. The lowest BCUT2D eigenvalue weighted by Crippen LogP contribution is -2.12. The van der Waals surface area contributed by atoms with Crippen LogP contribution in [0.15, 0.2) is 36.4 Å². The van der Waals surface area contributed by atoms with E-state index in [4.69, 9.17) is 16.3 Å². The van der Waals surface area contributed by atoms with Crippen molar-refractivity contribution in [3.8, 4) is 5.75 Å². The lowest BCUT2D eigenvalue weighted by molar-refractivity contribution is -0.384. The summed E-state index contributed by atoms with van der Waals surface area (Å²) < 4.78 is 5.65. The smallest absolute Gasteiger partial charge is 0.269 e. The zero-order chi connectivity index (χ0) is 18.4. The van der Waals surface area contributed by atoms with Gasteiger partial charge in [0.05, 0.1) is 11.5 Å². The van der Waals surface area contributed by atoms with Crippen molar-refractivity contribution in [2.24, 2.45) is 0 Å². The Morgan fingerprint density at radius 1 is 1.20 bits per heavy atom. The van der Waals surface area contributed by atoms with Crippen LogP contribution in [0.1, 0.15) is 24.0 Å². The minimum absolute atomic E-state index is 0.0139. The van der Waals surface area contributed by atoms with Crippen LogP contribution in [0.5, 0.6) is 5.75 Å². The maximum absolute atomic E-state index is 11.9. The highest BCUT2D eigenvalue weighted by atomic mass is 35.5. The first kappa shape index (κ1) is 18.7. The van der Waals surface area contributed by atoms with Crippen LogP contribution >= 0.6 is 11.6 Å². The molecule has 1 amide bonds. The Hall–Kier alpha value is -2.60. The first-order chi connectivity index (χ1) is 11.9. The summed E-state index contributed by atoms with van der Waals surface area (Å²) in [5.41, 5.74) is 2.42. The molecule has 0 bridgehead atoms. The zero-order valence-corrected chi connectivity index (χ0v) is 14.8. The number of amides is 1. The molecule has 1 N–H and O–H groups in total. The van der Waals surface area contributed by atoms with Gasteiger partial charge >= 0.3 is 0 Å². The molecule has 6 nitrogen and oxygen atoms in total. The molecular formula is C18H19ClN2O4. The fourth-order valence-corrected chi connectivity index (χ4v) is 2.41. The molecule has 2 aromatic rings. The van der Waals surface area contributed by atoms with Crippen LogP contribution in [-0.4, -0.2) is 17.4 Å². The number of benzene rings is 2. The van der Waals surface area contributed by atoms with Crippen molar-refractivity contribution in [2.75, 3.05) is 11.9 Å². The van der Waals surface area contributed by atoms with Gasteiger partial charge in [-0.3, -0.25) is 14.9 Å². The first-order valence-corrected chi connectivity index (χ1v) is 8.18. The Morgan fingerprint density at radius 2 is 1.80 bits per heavy atom. The van der Waals surface area contributed by atoms with Crippen LogP contribution < -0.4 is 10.1 Å². The standard InChI is InChI=1S/C18H19ClN2O4/c1-12-10-16(11-13(2)18(12)19)25-9-3-4-17(22)20-14-5-7-15(8-6-14)21(23)24/h5-8,10-11H,3-4,9H2,1-2H3,(H,20,22). The van der Waals surface area contributed by atoms with Crippen molar-refractivity contribution in [1.82, 2.24) is 0 Å². The van der Waals surface area contributed by atoms with Gasteiger partial charge in [0.25, 0.3) is 5.69 Å². The van der Waals surface area contributed by atoms with Crippen molar-refractivity contribution < 1.29 is 14.5 Å². The Labute approximate surface area is 150 Å². The number of nitrogens with one attached hydrogen (secondary N) is 1. The molecule has 0 aliphatic rings. The Balaban J connectivity index is 1.76. The van der Waals surface area contributed by atoms with Gasteiger partial charge in [-0.2, -0.15) is 0 Å². The normalized spacial score (nSPS) is 10.4. The number of nitro groups is 1. The number of carbonyl (C=O) groups excluding carboxylic acids is 1. The molecule has 2 rings (SSSR count). The van der Waals surface area contributed by atoms with Crippen molar-refractivity contribution in [3.63, 3.8) is 0 Å². The number of hydrogen-bond donors (Lipinski definition) is 1. The fourth-order valence-electron chi connectivity index (χ4n) is 2.30. The van der Waals surface area contributed by atoms with Gasteiger partial charge in [0.2, 0.25) is 5.91 Å². The van der Waals surface area contributed by atoms with E-state index in [0.717, 1.165) is 21.9 Å². The van der Waals surface area contributed by atoms with Gasteiger partial charge in [0.1, 0.15) is 5.75 Å². The quantitative estimate of drug-likeness (QED) is 0.441. The SMILES string of the molecule is Cc1cc(OCCCC(=O)Nc2ccc([N+](=O)[O-])cc2)cc(C)c1Cl. The lowest BCUT2D eigenvalue weighted by atomic mass is 10.1. The summed E-state index contributed by atoms with van der Waals surface area (Å²) in [6.45, 7) is 4.24. The number of nitrogens with zero attached hydrogens (tertiary/aromatic N) is 1. The largest absolute Gasteiger partial charge is 0.494 e. The van der Waals surface area contributed by atoms with Gasteiger partial charge in [-0.25, -0.2) is 0 Å². The van der Waals surface area contributed by atoms with Gasteiger partial charge < -0.3 is 10.1 Å². The molecule has 0 spiro atoms. The molecule has 0 fully saturated rings. The molecule has 7 heteroatoms. The molecule has 0 aliphatic carbocycles. The third-order valence-electron chi connectivity index (χ3n) is 3.59. The molecule has 0 saturated carbocycles. The summed E-state index contributed by atoms with van der Waals surface area (Å²) in [6, 6.07) is 9.45. The van der Waals surface area contributed by atoms with E-state index < -0.39 is 4.92 Å². The van der Waals surface area contributed by atoms with E-state index in [1.54, 1.807) is 0 Å². The number of nitro benzene ring substituents is 1. The van der Waals surface area contributed by atoms with Crippen LogP contribution in [0.2, 0.25) is 5.02 Å². The van der Waals surface area contributed by atoms with E-state index in [-0.39, 0.29) is 11.6 Å². The molecule has 0 aliphatic heterocycles. The summed E-state index contributed by atoms with van der Waals surface area (Å²) in [6.07, 6.45) is 0.849. The minimum Gasteiger partial charge on any atom is -0.494 e. The fraction of sp³-hybridized carbons (Fsp3) is 0.278. The second kappa shape index (κ2) is 8.48. The third-order valence-corrected chi connectivity index (χ3v) is 4.18. The van der Waals surface area contributed by atoms with Gasteiger partial charge in [0.15, 0.2) is 0 Å². The summed E-state index contributed by atoms with van der Waals surface area (Å²) >= 11 is 6.11. The van der Waals surface area contributed by atoms with Crippen molar-refractivity contribution in [2.45, 2.75) is 26.7 Å². The third kappa shape index (κ3) is 5.46. The highest BCUT2D eigenvalue weighted by Gasteiger charge is 2.07. The summed E-state index contributed by atoms with van der Waals surface area (Å²) in [5.74, 6) is 0.566. The number of aryl methyl sites for hydroxylation is 2. The van der Waals surface area contributed by atoms with Crippen molar-refractivity contribution >= 4 is 28.9 Å². The molecule has 0 aromatic heterocycles. The Kier molecular flexibility index (Phi) is 6.36. The van der Waals surface area contributed by atoms with Crippen molar-refractivity contribution in [3.05, 3.63) is 62.7 Å². The maximum atomic E-state index is 11.9. The highest BCUT2D eigenvalue weighted by Crippen LogP contribution is 2.26. The summed E-state index contributed by atoms with van der Waals surface area (Å²) in [4.78, 5) is 22.0. The first-order valence-electron chi connectivity index (χ1n) is 7.80. The number of hydrogen-bond acceptors (Lipinski definition) is 4. The Bertz CT molecular complexity index is 752. The van der Waals surface area contributed by atoms with Gasteiger partial charge in [-0.15, -0.1) is 0 Å². The topological polar surface area (TPSA) is 81.5 Å². The minimum atomic E-state index is -0.483. The molecule has 132 valence electrons. The second-order valence-electron chi connectivity index (χ2n) is 5.68. The molecule has 0 atom stereocenters. The predicted molar refractivity (Wildman–Crippen MR) is 97.4 cm³/mol. The maximum Gasteiger partial charge on any atom is 0.269 e. The van der Waals surface area contributed by atoms with Crippen LogP contribution in [0.4, 0.5) is 11.4 Å². The van der Waals surface area contributed by atoms with Gasteiger partial charge in [0, 0.05) is 29.3 Å². The summed E-state index contributed by atoms with van der Waals surface area (Å²) in [7, 11) is 0. The van der Waals surface area contributed by atoms with Crippen molar-refractivity contribution in [1.29, 1.82) is 0 Å². The highest BCUT2D eigenvalue weighted by molar-refractivity contribution is 6.32. The molecule has 0 heterocycles. The van der Waals surface area contributed by atoms with Crippen LogP contribution in [0, 0.1) is 24.0 Å². The average molecular weight is 363 g/mol. The van der Waals surface area contributed by atoms with Crippen LogP contribution in [-0.2, 0) is 4.79 Å². The number of halogens is 1. The van der Waals surface area contributed by atoms with E-state index in [2.05, 4.69) is 5.32 Å². The molecule has 0 radical (unpaired) electrons. The van der Waals surface area contributed by atoms with E-state index >= 15 is 0 Å². The number of carbonyl (C=O) groups is 1. The van der Waals surface area contributed by atoms with Gasteiger partial charge in [-0.1, -0.05) is 11.6 Å². The van der Waals surface area contributed by atoms with E-state index in [9.17, 15) is 14.9 Å². The summed E-state index contributed by atoms with van der Waals surface area (Å²) in [5, 5.41) is 14.0. The zero-order valence-electron chi connectivity index (χ0n) is 14.0. The molecule has 0 unspecified atom stereocenters. The van der Waals surface area contributed by atoms with Gasteiger partial charge in [-0.05, 0) is 55.7 Å². The van der Waals surface area contributed by atoms with E-state index in [1.165, 1.54) is 24.3 Å². The molecule has 2 aromatic carbocycles. The van der Waals surface area contributed by atoms with Crippen LogP contribution in [0.3, 0.4) is 0 Å². The molecular weight excluding hydrogens is 344 g/mol. The van der Waals surface area contributed by atoms with Crippen LogP contribution in [0.25, 0.3) is 0 Å². The monoisotopic (exact) mass is 362 g/mol. The Morgan fingerprint density at radius 3 is 2.36 bits per heavy atom. The van der Waals surface area contributed by atoms with E-state index in [1.807, 2.05) is 26.0 Å². The number of anilines is 1. The number of ether oxygens (including phenoxy) is 1. The second-order valence-corrected chi connectivity index (χ2v) is 6.05. The molecule has 25 heavy (non-hydrogen) atoms. The predicted octanol–water partition coefficient (Wildman–Crippen LogP) is 4.66. The number of non-ortho nitro benzene ring substituents is 1. The van der Waals surface area contributed by atoms with E-state index in [0.29, 0.717) is 25.1 Å². The average Bonchev–Trinajstić information content (AvgIpc) is 2.57. The lowest BCUT2D eigenvalue weighted by Gasteiger charge is -2.10. The molecule has 0 saturated heterocycles.